The van der Waals surface area contributed by atoms with Gasteiger partial charge in [0.15, 0.2) is 5.96 Å². The summed E-state index contributed by atoms with van der Waals surface area (Å²) >= 11 is 0. The third kappa shape index (κ3) is 5.41. The van der Waals surface area contributed by atoms with Crippen molar-refractivity contribution in [1.29, 1.82) is 0 Å². The van der Waals surface area contributed by atoms with E-state index < -0.39 is 0 Å². The van der Waals surface area contributed by atoms with Gasteiger partial charge in [-0.3, -0.25) is 14.6 Å². The molecule has 8 nitrogen and oxygen atoms in total. The van der Waals surface area contributed by atoms with Gasteiger partial charge in [-0.05, 0) is 30.4 Å². The molecule has 0 radical (unpaired) electrons. The van der Waals surface area contributed by atoms with Crippen LogP contribution in [0.25, 0.3) is 0 Å². The minimum Gasteiger partial charge on any atom is -0.378 e. The van der Waals surface area contributed by atoms with Gasteiger partial charge in [0.2, 0.25) is 11.8 Å². The van der Waals surface area contributed by atoms with E-state index in [0.29, 0.717) is 39.3 Å². The SMILES string of the molecule is CN=C(NCCCC(=O)N1Cc2ccccc2C1)N1CCC(C(=O)N2CCOCC2)CC1. The summed E-state index contributed by atoms with van der Waals surface area (Å²) in [6, 6.07) is 8.27. The fourth-order valence-electron chi connectivity index (χ4n) is 4.82. The topological polar surface area (TPSA) is 77.5 Å². The smallest absolute Gasteiger partial charge is 0.225 e. The third-order valence-corrected chi connectivity index (χ3v) is 6.72. The molecule has 32 heavy (non-hydrogen) atoms. The van der Waals surface area contributed by atoms with E-state index in [0.717, 1.165) is 51.4 Å². The van der Waals surface area contributed by atoms with E-state index in [1.165, 1.54) is 11.1 Å². The van der Waals surface area contributed by atoms with Crippen molar-refractivity contribution in [2.45, 2.75) is 38.8 Å². The van der Waals surface area contributed by atoms with Gasteiger partial charge in [0.1, 0.15) is 0 Å². The van der Waals surface area contributed by atoms with E-state index in [9.17, 15) is 9.59 Å². The van der Waals surface area contributed by atoms with Gasteiger partial charge >= 0.3 is 0 Å². The molecule has 0 bridgehead atoms. The predicted octanol–water partition coefficient (Wildman–Crippen LogP) is 1.46. The molecule has 174 valence electrons. The molecule has 0 aliphatic carbocycles. The Hall–Kier alpha value is -2.61. The van der Waals surface area contributed by atoms with Gasteiger partial charge in [0.05, 0.1) is 13.2 Å². The Balaban J connectivity index is 1.15. The molecule has 3 heterocycles. The summed E-state index contributed by atoms with van der Waals surface area (Å²) in [6.45, 7) is 6.53. The summed E-state index contributed by atoms with van der Waals surface area (Å²) < 4.78 is 5.36. The Morgan fingerprint density at radius 2 is 1.66 bits per heavy atom. The molecule has 2 amide bonds. The molecule has 0 atom stereocenters. The average Bonchev–Trinajstić information content (AvgIpc) is 3.29. The van der Waals surface area contributed by atoms with Gasteiger partial charge in [0.25, 0.3) is 0 Å². The minimum absolute atomic E-state index is 0.102. The molecule has 8 heteroatoms. The van der Waals surface area contributed by atoms with E-state index in [-0.39, 0.29) is 17.7 Å². The lowest BCUT2D eigenvalue weighted by Crippen LogP contribution is -2.50. The molecule has 2 fully saturated rings. The van der Waals surface area contributed by atoms with Crippen molar-refractivity contribution in [1.82, 2.24) is 20.0 Å². The van der Waals surface area contributed by atoms with Crippen LogP contribution in [0.5, 0.6) is 0 Å². The summed E-state index contributed by atoms with van der Waals surface area (Å²) in [4.78, 5) is 35.8. The molecule has 3 aliphatic rings. The van der Waals surface area contributed by atoms with Gasteiger partial charge < -0.3 is 24.8 Å². The molecule has 0 aromatic heterocycles. The number of carbonyl (C=O) groups is 2. The zero-order chi connectivity index (χ0) is 22.3. The highest BCUT2D eigenvalue weighted by Crippen LogP contribution is 2.23. The molecule has 0 unspecified atom stereocenters. The van der Waals surface area contributed by atoms with Crippen molar-refractivity contribution in [3.05, 3.63) is 35.4 Å². The summed E-state index contributed by atoms with van der Waals surface area (Å²) in [7, 11) is 1.79. The quantitative estimate of drug-likeness (QED) is 0.425. The molecule has 1 N–H and O–H groups in total. The molecular weight excluding hydrogens is 406 g/mol. The number of piperidine rings is 1. The number of hydrogen-bond donors (Lipinski definition) is 1. The lowest BCUT2D eigenvalue weighted by molar-refractivity contribution is -0.140. The van der Waals surface area contributed by atoms with Crippen molar-refractivity contribution in [2.75, 3.05) is 53.0 Å². The van der Waals surface area contributed by atoms with E-state index in [4.69, 9.17) is 4.74 Å². The number of morpholine rings is 1. The fourth-order valence-corrected chi connectivity index (χ4v) is 4.82. The number of benzene rings is 1. The molecule has 3 aliphatic heterocycles. The highest BCUT2D eigenvalue weighted by atomic mass is 16.5. The first-order valence-electron chi connectivity index (χ1n) is 11.8. The number of guanidine groups is 1. The lowest BCUT2D eigenvalue weighted by Gasteiger charge is -2.36. The number of hydrogen-bond acceptors (Lipinski definition) is 4. The van der Waals surface area contributed by atoms with Crippen LogP contribution in [0.15, 0.2) is 29.3 Å². The van der Waals surface area contributed by atoms with Crippen LogP contribution in [0.3, 0.4) is 0 Å². The van der Waals surface area contributed by atoms with Gasteiger partial charge in [-0.15, -0.1) is 0 Å². The first-order valence-corrected chi connectivity index (χ1v) is 11.8. The highest BCUT2D eigenvalue weighted by Gasteiger charge is 2.30. The van der Waals surface area contributed by atoms with Gasteiger partial charge in [0, 0.05) is 65.2 Å². The van der Waals surface area contributed by atoms with Crippen LogP contribution in [-0.4, -0.2) is 85.5 Å². The average molecular weight is 442 g/mol. The number of rotatable bonds is 5. The molecular formula is C24H35N5O3. The zero-order valence-electron chi connectivity index (χ0n) is 19.1. The van der Waals surface area contributed by atoms with Crippen LogP contribution in [0, 0.1) is 5.92 Å². The number of fused-ring (bicyclic) bond motifs is 1. The van der Waals surface area contributed by atoms with E-state index in [1.807, 2.05) is 21.9 Å². The van der Waals surface area contributed by atoms with Crippen molar-refractivity contribution < 1.29 is 14.3 Å². The van der Waals surface area contributed by atoms with E-state index >= 15 is 0 Å². The van der Waals surface area contributed by atoms with Crippen LogP contribution in [0.4, 0.5) is 0 Å². The first kappa shape index (κ1) is 22.6. The number of aliphatic imine (C=N–C) groups is 1. The number of ether oxygens (including phenoxy) is 1. The minimum atomic E-state index is 0.102. The molecule has 0 saturated carbocycles. The van der Waals surface area contributed by atoms with Crippen LogP contribution >= 0.6 is 0 Å². The van der Waals surface area contributed by atoms with Crippen molar-refractivity contribution in [2.24, 2.45) is 10.9 Å². The van der Waals surface area contributed by atoms with Crippen LogP contribution < -0.4 is 5.32 Å². The van der Waals surface area contributed by atoms with E-state index in [2.05, 4.69) is 27.3 Å². The maximum Gasteiger partial charge on any atom is 0.225 e. The van der Waals surface area contributed by atoms with E-state index in [1.54, 1.807) is 7.05 Å². The third-order valence-electron chi connectivity index (χ3n) is 6.72. The largest absolute Gasteiger partial charge is 0.378 e. The van der Waals surface area contributed by atoms with Gasteiger partial charge in [-0.2, -0.15) is 0 Å². The number of likely N-dealkylation sites (tertiary alicyclic amines) is 1. The van der Waals surface area contributed by atoms with Crippen LogP contribution in [0.1, 0.15) is 36.8 Å². The summed E-state index contributed by atoms with van der Waals surface area (Å²) in [5.41, 5.74) is 2.52. The summed E-state index contributed by atoms with van der Waals surface area (Å²) in [6.07, 6.45) is 3.01. The maximum atomic E-state index is 12.7. The fraction of sp³-hybridized carbons (Fsp3) is 0.625. The molecule has 1 aromatic carbocycles. The van der Waals surface area contributed by atoms with Crippen LogP contribution in [0.2, 0.25) is 0 Å². The highest BCUT2D eigenvalue weighted by molar-refractivity contribution is 5.82. The normalized spacial score (nSPS) is 19.8. The summed E-state index contributed by atoms with van der Waals surface area (Å²) in [5, 5.41) is 3.40. The first-order chi connectivity index (χ1) is 15.7. The molecule has 4 rings (SSSR count). The Labute approximate surface area is 190 Å². The summed E-state index contributed by atoms with van der Waals surface area (Å²) in [5.74, 6) is 1.45. The second-order valence-electron chi connectivity index (χ2n) is 8.80. The molecule has 2 saturated heterocycles. The number of carbonyl (C=O) groups excluding carboxylic acids is 2. The Morgan fingerprint density at radius 1 is 1.00 bits per heavy atom. The Bertz CT molecular complexity index is 804. The molecule has 1 aromatic rings. The Kier molecular flexibility index (Phi) is 7.63. The van der Waals surface area contributed by atoms with Crippen molar-refractivity contribution in [3.8, 4) is 0 Å². The lowest BCUT2D eigenvalue weighted by atomic mass is 9.95. The number of nitrogens with one attached hydrogen (secondary N) is 1. The second kappa shape index (κ2) is 10.8. The predicted molar refractivity (Wildman–Crippen MR) is 123 cm³/mol. The van der Waals surface area contributed by atoms with Crippen molar-refractivity contribution in [3.63, 3.8) is 0 Å². The van der Waals surface area contributed by atoms with Gasteiger partial charge in [-0.1, -0.05) is 24.3 Å². The maximum absolute atomic E-state index is 12.7. The van der Waals surface area contributed by atoms with Gasteiger partial charge in [-0.25, -0.2) is 0 Å². The standard InChI is InChI=1S/C24H35N5O3/c1-25-24(28-11-8-19(9-12-28)23(31)27-13-15-32-16-14-27)26-10-4-7-22(30)29-17-20-5-2-3-6-21(20)18-29/h2-3,5-6,19H,4,7-18H2,1H3,(H,25,26). The van der Waals surface area contributed by atoms with Crippen molar-refractivity contribution >= 4 is 17.8 Å². The van der Waals surface area contributed by atoms with Crippen LogP contribution in [-0.2, 0) is 27.4 Å². The Morgan fingerprint density at radius 3 is 2.28 bits per heavy atom. The number of amides is 2. The zero-order valence-corrected chi connectivity index (χ0v) is 19.1. The molecule has 0 spiro atoms. The monoisotopic (exact) mass is 441 g/mol. The number of nitrogens with zero attached hydrogens (tertiary/aromatic N) is 4. The second-order valence-corrected chi connectivity index (χ2v) is 8.80.